The van der Waals surface area contributed by atoms with Crippen molar-refractivity contribution in [1.82, 2.24) is 15.6 Å². The molecule has 1 atom stereocenters. The fourth-order valence-corrected chi connectivity index (χ4v) is 2.49. The minimum absolute atomic E-state index is 0.0345. The molecule has 0 bridgehead atoms. The molecule has 1 aliphatic rings. The first-order chi connectivity index (χ1) is 10.2. The van der Waals surface area contributed by atoms with Crippen LogP contribution in [0.5, 0.6) is 0 Å². The Hall–Kier alpha value is -1.66. The molecular weight excluding hydrogens is 268 g/mol. The van der Waals surface area contributed by atoms with Gasteiger partial charge in [0.1, 0.15) is 5.82 Å². The number of anilines is 1. The van der Waals surface area contributed by atoms with Gasteiger partial charge in [0.2, 0.25) is 5.91 Å². The third-order valence-corrected chi connectivity index (χ3v) is 3.54. The van der Waals surface area contributed by atoms with Crippen LogP contribution in [0.2, 0.25) is 0 Å². The molecule has 0 saturated carbocycles. The molecule has 6 nitrogen and oxygen atoms in total. The van der Waals surface area contributed by atoms with E-state index in [1.165, 1.54) is 0 Å². The Morgan fingerprint density at radius 3 is 3.05 bits per heavy atom. The first kappa shape index (κ1) is 15.7. The minimum atomic E-state index is 0.0345. The Balaban J connectivity index is 1.81. The summed E-state index contributed by atoms with van der Waals surface area (Å²) in [4.78, 5) is 17.8. The van der Waals surface area contributed by atoms with Crippen molar-refractivity contribution in [3.05, 3.63) is 23.9 Å². The van der Waals surface area contributed by atoms with Crippen molar-refractivity contribution in [2.75, 3.05) is 38.3 Å². The van der Waals surface area contributed by atoms with E-state index in [1.54, 1.807) is 14.0 Å². The topological polar surface area (TPSA) is 66.5 Å². The fraction of sp³-hybridized carbons (Fsp3) is 0.600. The van der Waals surface area contributed by atoms with Gasteiger partial charge in [0.05, 0.1) is 6.61 Å². The SMILES string of the molecule is COCCNCc1ccc(N2CCC(NC(C)=O)C2)nc1. The molecular formula is C15H24N4O2. The lowest BCUT2D eigenvalue weighted by atomic mass is 10.2. The van der Waals surface area contributed by atoms with Crippen LogP contribution in [0, 0.1) is 0 Å². The Morgan fingerprint density at radius 1 is 1.52 bits per heavy atom. The van der Waals surface area contributed by atoms with Gasteiger partial charge in [-0.3, -0.25) is 4.79 Å². The van der Waals surface area contributed by atoms with Gasteiger partial charge < -0.3 is 20.3 Å². The molecule has 0 spiro atoms. The van der Waals surface area contributed by atoms with Gasteiger partial charge in [0.25, 0.3) is 0 Å². The fourth-order valence-electron chi connectivity index (χ4n) is 2.49. The van der Waals surface area contributed by atoms with E-state index in [9.17, 15) is 4.79 Å². The summed E-state index contributed by atoms with van der Waals surface area (Å²) in [6.07, 6.45) is 2.88. The third kappa shape index (κ3) is 4.99. The summed E-state index contributed by atoms with van der Waals surface area (Å²) in [5.74, 6) is 1.01. The van der Waals surface area contributed by atoms with E-state index in [4.69, 9.17) is 4.74 Å². The quantitative estimate of drug-likeness (QED) is 0.718. The Kier molecular flexibility index (Phi) is 5.95. The molecule has 1 amide bonds. The lowest BCUT2D eigenvalue weighted by Crippen LogP contribution is -2.35. The summed E-state index contributed by atoms with van der Waals surface area (Å²) >= 11 is 0. The molecule has 1 aromatic heterocycles. The lowest BCUT2D eigenvalue weighted by molar-refractivity contribution is -0.119. The van der Waals surface area contributed by atoms with Gasteiger partial charge in [0.15, 0.2) is 0 Å². The van der Waals surface area contributed by atoms with Crippen LogP contribution < -0.4 is 15.5 Å². The van der Waals surface area contributed by atoms with Crippen molar-refractivity contribution in [2.45, 2.75) is 25.9 Å². The molecule has 1 unspecified atom stereocenters. The highest BCUT2D eigenvalue weighted by Gasteiger charge is 2.23. The first-order valence-electron chi connectivity index (χ1n) is 7.35. The van der Waals surface area contributed by atoms with E-state index in [2.05, 4.69) is 26.6 Å². The van der Waals surface area contributed by atoms with Crippen molar-refractivity contribution in [3.63, 3.8) is 0 Å². The highest BCUT2D eigenvalue weighted by atomic mass is 16.5. The maximum absolute atomic E-state index is 11.1. The molecule has 1 aliphatic heterocycles. The molecule has 1 aromatic rings. The van der Waals surface area contributed by atoms with Crippen LogP contribution in [-0.2, 0) is 16.1 Å². The van der Waals surface area contributed by atoms with E-state index < -0.39 is 0 Å². The molecule has 0 aliphatic carbocycles. The van der Waals surface area contributed by atoms with Gasteiger partial charge in [-0.1, -0.05) is 6.07 Å². The summed E-state index contributed by atoms with van der Waals surface area (Å²) in [5, 5.41) is 6.26. The van der Waals surface area contributed by atoms with E-state index >= 15 is 0 Å². The monoisotopic (exact) mass is 292 g/mol. The average Bonchev–Trinajstić information content (AvgIpc) is 2.92. The molecule has 2 N–H and O–H groups in total. The summed E-state index contributed by atoms with van der Waals surface area (Å²) in [5.41, 5.74) is 1.16. The first-order valence-corrected chi connectivity index (χ1v) is 7.35. The number of rotatable bonds is 7. The smallest absolute Gasteiger partial charge is 0.217 e. The van der Waals surface area contributed by atoms with Gasteiger partial charge in [-0.05, 0) is 18.1 Å². The number of nitrogens with zero attached hydrogens (tertiary/aromatic N) is 2. The number of carbonyl (C=O) groups is 1. The molecule has 1 fully saturated rings. The largest absolute Gasteiger partial charge is 0.383 e. The van der Waals surface area contributed by atoms with Crippen LogP contribution in [0.4, 0.5) is 5.82 Å². The van der Waals surface area contributed by atoms with Crippen LogP contribution in [0.25, 0.3) is 0 Å². The second kappa shape index (κ2) is 7.95. The summed E-state index contributed by atoms with van der Waals surface area (Å²) in [6, 6.07) is 4.37. The zero-order chi connectivity index (χ0) is 15.1. The van der Waals surface area contributed by atoms with Gasteiger partial charge in [-0.2, -0.15) is 0 Å². The maximum atomic E-state index is 11.1. The summed E-state index contributed by atoms with van der Waals surface area (Å²) in [6.45, 7) is 5.67. The number of methoxy groups -OCH3 is 1. The van der Waals surface area contributed by atoms with Crippen molar-refractivity contribution < 1.29 is 9.53 Å². The molecule has 1 saturated heterocycles. The van der Waals surface area contributed by atoms with E-state index in [0.717, 1.165) is 44.0 Å². The van der Waals surface area contributed by atoms with Crippen LogP contribution >= 0.6 is 0 Å². The van der Waals surface area contributed by atoms with Crippen LogP contribution in [0.1, 0.15) is 18.9 Å². The van der Waals surface area contributed by atoms with E-state index in [0.29, 0.717) is 6.61 Å². The molecule has 6 heteroatoms. The Morgan fingerprint density at radius 2 is 2.38 bits per heavy atom. The molecule has 0 radical (unpaired) electrons. The van der Waals surface area contributed by atoms with Gasteiger partial charge in [-0.25, -0.2) is 4.98 Å². The predicted molar refractivity (Wildman–Crippen MR) is 82.3 cm³/mol. The predicted octanol–water partition coefficient (Wildman–Crippen LogP) is 0.532. The number of hydrogen-bond acceptors (Lipinski definition) is 5. The Bertz CT molecular complexity index is 449. The number of aromatic nitrogens is 1. The molecule has 116 valence electrons. The number of ether oxygens (including phenoxy) is 1. The highest BCUT2D eigenvalue weighted by molar-refractivity contribution is 5.73. The molecule has 2 heterocycles. The van der Waals surface area contributed by atoms with Crippen molar-refractivity contribution in [2.24, 2.45) is 0 Å². The Labute approximate surface area is 125 Å². The van der Waals surface area contributed by atoms with Crippen LogP contribution in [0.3, 0.4) is 0 Å². The summed E-state index contributed by atoms with van der Waals surface area (Å²) in [7, 11) is 1.70. The standard InChI is InChI=1S/C15H24N4O2/c1-12(20)18-14-5-7-19(11-14)15-4-3-13(10-17-15)9-16-6-8-21-2/h3-4,10,14,16H,5-9,11H2,1-2H3,(H,18,20). The second-order valence-electron chi connectivity index (χ2n) is 5.33. The van der Waals surface area contributed by atoms with E-state index in [1.807, 2.05) is 12.3 Å². The van der Waals surface area contributed by atoms with Crippen molar-refractivity contribution in [1.29, 1.82) is 0 Å². The zero-order valence-electron chi connectivity index (χ0n) is 12.8. The van der Waals surface area contributed by atoms with E-state index in [-0.39, 0.29) is 11.9 Å². The average molecular weight is 292 g/mol. The zero-order valence-corrected chi connectivity index (χ0v) is 12.8. The molecule has 0 aromatic carbocycles. The number of amides is 1. The van der Waals surface area contributed by atoms with Crippen molar-refractivity contribution >= 4 is 11.7 Å². The molecule has 21 heavy (non-hydrogen) atoms. The lowest BCUT2D eigenvalue weighted by Gasteiger charge is -2.18. The van der Waals surface area contributed by atoms with Crippen molar-refractivity contribution in [3.8, 4) is 0 Å². The van der Waals surface area contributed by atoms with Crippen LogP contribution in [-0.4, -0.2) is 50.3 Å². The minimum Gasteiger partial charge on any atom is -0.383 e. The number of pyridine rings is 1. The van der Waals surface area contributed by atoms with Crippen LogP contribution in [0.15, 0.2) is 18.3 Å². The van der Waals surface area contributed by atoms with Gasteiger partial charge in [-0.15, -0.1) is 0 Å². The molecule has 2 rings (SSSR count). The second-order valence-corrected chi connectivity index (χ2v) is 5.33. The normalized spacial score (nSPS) is 18.0. The highest BCUT2D eigenvalue weighted by Crippen LogP contribution is 2.18. The third-order valence-electron chi connectivity index (χ3n) is 3.54. The number of hydrogen-bond donors (Lipinski definition) is 2. The summed E-state index contributed by atoms with van der Waals surface area (Å²) < 4.78 is 4.99. The number of nitrogens with one attached hydrogen (secondary N) is 2. The van der Waals surface area contributed by atoms with Gasteiger partial charge in [0, 0.05) is 52.5 Å². The van der Waals surface area contributed by atoms with Gasteiger partial charge >= 0.3 is 0 Å². The number of carbonyl (C=O) groups excluding carboxylic acids is 1. The maximum Gasteiger partial charge on any atom is 0.217 e.